The summed E-state index contributed by atoms with van der Waals surface area (Å²) in [6.07, 6.45) is 1.03. The van der Waals surface area contributed by atoms with Crippen LogP contribution in [0.1, 0.15) is 19.4 Å². The van der Waals surface area contributed by atoms with Crippen molar-refractivity contribution in [1.82, 2.24) is 0 Å². The highest BCUT2D eigenvalue weighted by Gasteiger charge is 2.10. The van der Waals surface area contributed by atoms with Crippen molar-refractivity contribution in [2.75, 3.05) is 6.61 Å². The minimum atomic E-state index is 0.468. The van der Waals surface area contributed by atoms with Crippen LogP contribution >= 0.6 is 31.9 Å². The number of hydrogen-bond acceptors (Lipinski definition) is 1. The molecule has 1 nitrogen and oxygen atoms in total. The standard InChI is InChI=1S/C12H16Br2O/c1-3-15-11-6-4-10(5-7-11)8-12(14)9(2)13/h4-7,9,12H,3,8H2,1-2H3. The van der Waals surface area contributed by atoms with Gasteiger partial charge < -0.3 is 4.74 Å². The van der Waals surface area contributed by atoms with Gasteiger partial charge in [0.15, 0.2) is 0 Å². The molecule has 1 aromatic carbocycles. The van der Waals surface area contributed by atoms with Crippen molar-refractivity contribution >= 4 is 31.9 Å². The number of benzene rings is 1. The molecule has 0 spiro atoms. The molecule has 84 valence electrons. The molecule has 0 aliphatic heterocycles. The zero-order valence-corrected chi connectivity index (χ0v) is 12.2. The Labute approximate surface area is 108 Å². The van der Waals surface area contributed by atoms with E-state index in [2.05, 4.69) is 50.9 Å². The number of hydrogen-bond donors (Lipinski definition) is 0. The summed E-state index contributed by atoms with van der Waals surface area (Å²) >= 11 is 7.22. The van der Waals surface area contributed by atoms with E-state index >= 15 is 0 Å². The predicted octanol–water partition coefficient (Wildman–Crippen LogP) is 4.17. The van der Waals surface area contributed by atoms with Gasteiger partial charge in [0.2, 0.25) is 0 Å². The predicted molar refractivity (Wildman–Crippen MR) is 72.4 cm³/mol. The molecule has 0 aliphatic rings. The minimum Gasteiger partial charge on any atom is -0.494 e. The van der Waals surface area contributed by atoms with E-state index in [1.807, 2.05) is 19.1 Å². The van der Waals surface area contributed by atoms with Gasteiger partial charge in [-0.1, -0.05) is 50.9 Å². The summed E-state index contributed by atoms with van der Waals surface area (Å²) in [5.41, 5.74) is 1.33. The summed E-state index contributed by atoms with van der Waals surface area (Å²) in [6, 6.07) is 8.29. The molecule has 0 aliphatic carbocycles. The second kappa shape index (κ2) is 6.54. The zero-order valence-electron chi connectivity index (χ0n) is 9.04. The van der Waals surface area contributed by atoms with Gasteiger partial charge in [0, 0.05) is 9.65 Å². The molecule has 0 radical (unpaired) electrons. The maximum Gasteiger partial charge on any atom is 0.119 e. The van der Waals surface area contributed by atoms with Crippen LogP contribution in [0.25, 0.3) is 0 Å². The molecule has 0 saturated carbocycles. The van der Waals surface area contributed by atoms with Gasteiger partial charge in [0.25, 0.3) is 0 Å². The summed E-state index contributed by atoms with van der Waals surface area (Å²) in [5, 5.41) is 0. The average molecular weight is 336 g/mol. The molecule has 0 heterocycles. The lowest BCUT2D eigenvalue weighted by Crippen LogP contribution is -2.12. The van der Waals surface area contributed by atoms with Gasteiger partial charge in [-0.2, -0.15) is 0 Å². The van der Waals surface area contributed by atoms with Crippen LogP contribution in [0.4, 0.5) is 0 Å². The Morgan fingerprint density at radius 2 is 1.80 bits per heavy atom. The second-order valence-corrected chi connectivity index (χ2v) is 6.10. The van der Waals surface area contributed by atoms with Gasteiger partial charge >= 0.3 is 0 Å². The lowest BCUT2D eigenvalue weighted by molar-refractivity contribution is 0.340. The summed E-state index contributed by atoms with van der Waals surface area (Å²) in [4.78, 5) is 0.944. The molecule has 0 N–H and O–H groups in total. The van der Waals surface area contributed by atoms with Crippen LogP contribution in [-0.4, -0.2) is 16.3 Å². The topological polar surface area (TPSA) is 9.23 Å². The van der Waals surface area contributed by atoms with Gasteiger partial charge in [0.1, 0.15) is 5.75 Å². The Kier molecular flexibility index (Phi) is 5.69. The Morgan fingerprint density at radius 3 is 2.27 bits per heavy atom. The smallest absolute Gasteiger partial charge is 0.119 e. The van der Waals surface area contributed by atoms with E-state index < -0.39 is 0 Å². The Bertz CT molecular complexity index is 282. The van der Waals surface area contributed by atoms with Gasteiger partial charge in [-0.25, -0.2) is 0 Å². The highest BCUT2D eigenvalue weighted by Crippen LogP contribution is 2.20. The highest BCUT2D eigenvalue weighted by molar-refractivity contribution is 9.12. The van der Waals surface area contributed by atoms with E-state index in [-0.39, 0.29) is 0 Å². The number of ether oxygens (including phenoxy) is 1. The minimum absolute atomic E-state index is 0.468. The summed E-state index contributed by atoms with van der Waals surface area (Å²) in [6.45, 7) is 4.86. The molecule has 2 unspecified atom stereocenters. The van der Waals surface area contributed by atoms with Crippen molar-refractivity contribution in [1.29, 1.82) is 0 Å². The molecule has 1 rings (SSSR count). The molecular weight excluding hydrogens is 320 g/mol. The fourth-order valence-corrected chi connectivity index (χ4v) is 1.84. The Hall–Kier alpha value is -0.0200. The quantitative estimate of drug-likeness (QED) is 0.733. The third kappa shape index (κ3) is 4.56. The second-order valence-electron chi connectivity index (χ2n) is 3.47. The summed E-state index contributed by atoms with van der Waals surface area (Å²) in [7, 11) is 0. The first-order chi connectivity index (χ1) is 7.13. The molecule has 0 aromatic heterocycles. The van der Waals surface area contributed by atoms with Crippen LogP contribution in [0, 0.1) is 0 Å². The van der Waals surface area contributed by atoms with E-state index in [4.69, 9.17) is 4.74 Å². The van der Waals surface area contributed by atoms with E-state index in [1.54, 1.807) is 0 Å². The number of alkyl halides is 2. The third-order valence-corrected chi connectivity index (χ3v) is 4.63. The van der Waals surface area contributed by atoms with Crippen molar-refractivity contribution < 1.29 is 4.74 Å². The van der Waals surface area contributed by atoms with Gasteiger partial charge in [-0.15, -0.1) is 0 Å². The van der Waals surface area contributed by atoms with E-state index in [0.29, 0.717) is 9.65 Å². The molecule has 1 aromatic rings. The first-order valence-electron chi connectivity index (χ1n) is 5.13. The fourth-order valence-electron chi connectivity index (χ4n) is 1.28. The van der Waals surface area contributed by atoms with Crippen LogP contribution in [0.2, 0.25) is 0 Å². The summed E-state index contributed by atoms with van der Waals surface area (Å²) < 4.78 is 5.39. The zero-order chi connectivity index (χ0) is 11.3. The van der Waals surface area contributed by atoms with Crippen molar-refractivity contribution in [2.24, 2.45) is 0 Å². The molecule has 3 heteroatoms. The Morgan fingerprint density at radius 1 is 1.20 bits per heavy atom. The highest BCUT2D eigenvalue weighted by atomic mass is 79.9. The third-order valence-electron chi connectivity index (χ3n) is 2.16. The van der Waals surface area contributed by atoms with Gasteiger partial charge in [0.05, 0.1) is 6.61 Å². The number of rotatable bonds is 5. The van der Waals surface area contributed by atoms with Crippen LogP contribution in [0.15, 0.2) is 24.3 Å². The van der Waals surface area contributed by atoms with Crippen molar-refractivity contribution in [3.05, 3.63) is 29.8 Å². The van der Waals surface area contributed by atoms with Crippen molar-refractivity contribution in [3.63, 3.8) is 0 Å². The van der Waals surface area contributed by atoms with E-state index in [1.165, 1.54) is 5.56 Å². The molecule has 2 atom stereocenters. The molecular formula is C12H16Br2O. The SMILES string of the molecule is CCOc1ccc(CC(Br)C(C)Br)cc1. The van der Waals surface area contributed by atoms with Crippen LogP contribution < -0.4 is 4.74 Å². The lowest BCUT2D eigenvalue weighted by atomic mass is 10.1. The number of halogens is 2. The Balaban J connectivity index is 2.56. The maximum absolute atomic E-state index is 5.39. The van der Waals surface area contributed by atoms with Crippen LogP contribution in [-0.2, 0) is 6.42 Å². The average Bonchev–Trinajstić information content (AvgIpc) is 2.21. The van der Waals surface area contributed by atoms with Crippen molar-refractivity contribution in [3.8, 4) is 5.75 Å². The molecule has 0 amide bonds. The fraction of sp³-hybridized carbons (Fsp3) is 0.500. The van der Waals surface area contributed by atoms with Crippen LogP contribution in [0.5, 0.6) is 5.75 Å². The molecule has 15 heavy (non-hydrogen) atoms. The maximum atomic E-state index is 5.39. The first kappa shape index (κ1) is 13.0. The molecule has 0 bridgehead atoms. The molecule has 0 fully saturated rings. The van der Waals surface area contributed by atoms with Gasteiger partial charge in [-0.05, 0) is 31.0 Å². The monoisotopic (exact) mass is 334 g/mol. The first-order valence-corrected chi connectivity index (χ1v) is 6.96. The molecule has 0 saturated heterocycles. The van der Waals surface area contributed by atoms with Crippen LogP contribution in [0.3, 0.4) is 0 Å². The normalized spacial score (nSPS) is 14.7. The van der Waals surface area contributed by atoms with Gasteiger partial charge in [-0.3, -0.25) is 0 Å². The largest absolute Gasteiger partial charge is 0.494 e. The lowest BCUT2D eigenvalue weighted by Gasteiger charge is -2.12. The van der Waals surface area contributed by atoms with Crippen molar-refractivity contribution in [2.45, 2.75) is 29.9 Å². The summed E-state index contributed by atoms with van der Waals surface area (Å²) in [5.74, 6) is 0.944. The van der Waals surface area contributed by atoms with E-state index in [9.17, 15) is 0 Å². The van der Waals surface area contributed by atoms with E-state index in [0.717, 1.165) is 18.8 Å².